The maximum atomic E-state index is 15.6. The molecular weight excluding hydrogens is 656 g/mol. The molecule has 0 aliphatic heterocycles. The van der Waals surface area contributed by atoms with Crippen molar-refractivity contribution in [3.8, 4) is 17.2 Å². The third kappa shape index (κ3) is 4.85. The standard InChI is InChI=1S/C26H4BF15O3/c28-5-1-3-7(30)24(13(5)32)43-27(44-25-8(31)4-2-6(29)14(25)33)45-26-12-11(19(38)22(41)23(26)42)15(34)9-10(16(12)35)18(37)21(40)20(39)17(9)36/h1-4H. The van der Waals surface area contributed by atoms with Crippen LogP contribution in [0.1, 0.15) is 0 Å². The molecule has 5 rings (SSSR count). The zero-order valence-electron chi connectivity index (χ0n) is 20.8. The topological polar surface area (TPSA) is 27.7 Å². The summed E-state index contributed by atoms with van der Waals surface area (Å²) in [4.78, 5) is 0. The van der Waals surface area contributed by atoms with E-state index in [9.17, 15) is 52.7 Å². The van der Waals surface area contributed by atoms with Gasteiger partial charge in [-0.05, 0) is 24.3 Å². The molecule has 0 heterocycles. The minimum absolute atomic E-state index is 0.174. The summed E-state index contributed by atoms with van der Waals surface area (Å²) in [6.45, 7) is 0. The second-order valence-electron chi connectivity index (χ2n) is 8.64. The monoisotopic (exact) mass is 660 g/mol. The smallest absolute Gasteiger partial charge is 0.486 e. The molecule has 0 amide bonds. The van der Waals surface area contributed by atoms with Gasteiger partial charge in [0.05, 0.1) is 21.5 Å². The Morgan fingerprint density at radius 3 is 1.02 bits per heavy atom. The first-order valence-corrected chi connectivity index (χ1v) is 11.5. The zero-order valence-corrected chi connectivity index (χ0v) is 20.8. The molecule has 3 nitrogen and oxygen atoms in total. The zero-order chi connectivity index (χ0) is 33.2. The van der Waals surface area contributed by atoms with E-state index in [1.54, 1.807) is 0 Å². The summed E-state index contributed by atoms with van der Waals surface area (Å²) in [7, 11) is -3.42. The van der Waals surface area contributed by atoms with E-state index >= 15 is 13.2 Å². The molecule has 0 aromatic heterocycles. The Balaban J connectivity index is 1.83. The van der Waals surface area contributed by atoms with Gasteiger partial charge in [0.1, 0.15) is 11.6 Å². The highest BCUT2D eigenvalue weighted by atomic mass is 19.2. The third-order valence-electron chi connectivity index (χ3n) is 6.07. The van der Waals surface area contributed by atoms with E-state index < -0.39 is 133 Å². The number of halogens is 15. The highest BCUT2D eigenvalue weighted by Crippen LogP contribution is 2.43. The van der Waals surface area contributed by atoms with Crippen molar-refractivity contribution in [2.75, 3.05) is 0 Å². The van der Waals surface area contributed by atoms with Crippen molar-refractivity contribution in [2.45, 2.75) is 0 Å². The lowest BCUT2D eigenvalue weighted by Gasteiger charge is -2.20. The van der Waals surface area contributed by atoms with Crippen LogP contribution < -0.4 is 14.0 Å². The molecule has 0 radical (unpaired) electrons. The first-order chi connectivity index (χ1) is 21.1. The highest BCUT2D eigenvalue weighted by molar-refractivity contribution is 6.40. The molecule has 0 spiro atoms. The number of benzene rings is 5. The van der Waals surface area contributed by atoms with E-state index in [4.69, 9.17) is 0 Å². The SMILES string of the molecule is Fc1ccc(F)c(OB(Oc2c(F)ccc(F)c2F)Oc2c(F)c(F)c(F)c3c(F)c4c(F)c(F)c(F)c(F)c4c(F)c23)c1F. The Labute approximate surface area is 238 Å². The average molecular weight is 660 g/mol. The second-order valence-corrected chi connectivity index (χ2v) is 8.64. The molecular formula is C26H4BF15O3. The molecule has 0 saturated heterocycles. The summed E-state index contributed by atoms with van der Waals surface area (Å²) >= 11 is 0. The Morgan fingerprint density at radius 2 is 0.600 bits per heavy atom. The fourth-order valence-electron chi connectivity index (χ4n) is 4.05. The van der Waals surface area contributed by atoms with Gasteiger partial charge >= 0.3 is 7.32 Å². The van der Waals surface area contributed by atoms with Gasteiger partial charge in [-0.2, -0.15) is 13.2 Å². The number of fused-ring (bicyclic) bond motifs is 2. The van der Waals surface area contributed by atoms with Crippen LogP contribution >= 0.6 is 0 Å². The van der Waals surface area contributed by atoms with Crippen LogP contribution in [0, 0.1) is 87.3 Å². The van der Waals surface area contributed by atoms with Crippen LogP contribution in [-0.4, -0.2) is 7.32 Å². The minimum Gasteiger partial charge on any atom is -0.486 e. The van der Waals surface area contributed by atoms with Gasteiger partial charge in [0, 0.05) is 0 Å². The van der Waals surface area contributed by atoms with Crippen LogP contribution in [0.3, 0.4) is 0 Å². The molecule has 5 aromatic rings. The van der Waals surface area contributed by atoms with E-state index in [1.165, 1.54) is 0 Å². The lowest BCUT2D eigenvalue weighted by atomic mass is 9.98. The first-order valence-electron chi connectivity index (χ1n) is 11.5. The van der Waals surface area contributed by atoms with Gasteiger partial charge in [-0.3, -0.25) is 0 Å². The van der Waals surface area contributed by atoms with Gasteiger partial charge < -0.3 is 14.0 Å². The average Bonchev–Trinajstić information content (AvgIpc) is 3.00. The Hall–Kier alpha value is -4.97. The van der Waals surface area contributed by atoms with Gasteiger partial charge in [0.2, 0.25) is 17.5 Å². The normalized spacial score (nSPS) is 11.4. The fraction of sp³-hybridized carbons (Fsp3) is 0. The number of hydrogen-bond acceptors (Lipinski definition) is 3. The van der Waals surface area contributed by atoms with Crippen molar-refractivity contribution in [3.05, 3.63) is 112 Å². The molecule has 0 aliphatic rings. The van der Waals surface area contributed by atoms with Crippen molar-refractivity contribution >= 4 is 28.9 Å². The first kappa shape index (κ1) is 31.5. The van der Waals surface area contributed by atoms with Crippen molar-refractivity contribution in [1.82, 2.24) is 0 Å². The van der Waals surface area contributed by atoms with Crippen LogP contribution in [0.15, 0.2) is 24.3 Å². The van der Waals surface area contributed by atoms with E-state index in [0.29, 0.717) is 0 Å². The molecule has 0 bridgehead atoms. The van der Waals surface area contributed by atoms with Crippen LogP contribution in [0.25, 0.3) is 21.5 Å². The third-order valence-corrected chi connectivity index (χ3v) is 6.07. The summed E-state index contributed by atoms with van der Waals surface area (Å²) in [6, 6.07) is 0.713. The predicted molar refractivity (Wildman–Crippen MR) is 121 cm³/mol. The minimum atomic E-state index is -3.42. The molecule has 0 N–H and O–H groups in total. The number of rotatable bonds is 6. The summed E-state index contributed by atoms with van der Waals surface area (Å²) in [6.07, 6.45) is 0. The molecule has 19 heteroatoms. The number of hydrogen-bond donors (Lipinski definition) is 0. The van der Waals surface area contributed by atoms with Gasteiger partial charge in [0.15, 0.2) is 75.4 Å². The van der Waals surface area contributed by atoms with Crippen LogP contribution in [0.4, 0.5) is 65.9 Å². The van der Waals surface area contributed by atoms with E-state index in [2.05, 4.69) is 14.0 Å². The molecule has 0 atom stereocenters. The van der Waals surface area contributed by atoms with Crippen molar-refractivity contribution < 1.29 is 79.8 Å². The second kappa shape index (κ2) is 11.2. The van der Waals surface area contributed by atoms with E-state index in [-0.39, 0.29) is 24.3 Å². The van der Waals surface area contributed by atoms with Gasteiger partial charge in [-0.15, -0.1) is 0 Å². The van der Waals surface area contributed by atoms with Crippen molar-refractivity contribution in [2.24, 2.45) is 0 Å². The molecule has 5 aromatic carbocycles. The summed E-state index contributed by atoms with van der Waals surface area (Å²) < 4.78 is 230. The molecule has 45 heavy (non-hydrogen) atoms. The largest absolute Gasteiger partial charge is 0.864 e. The summed E-state index contributed by atoms with van der Waals surface area (Å²) in [5.41, 5.74) is 0. The molecule has 234 valence electrons. The molecule has 0 saturated carbocycles. The summed E-state index contributed by atoms with van der Waals surface area (Å²) in [5.74, 6) is -42.4. The van der Waals surface area contributed by atoms with Gasteiger partial charge in [-0.1, -0.05) is 0 Å². The van der Waals surface area contributed by atoms with E-state index in [1.807, 2.05) is 0 Å². The van der Waals surface area contributed by atoms with Gasteiger partial charge in [0.25, 0.3) is 0 Å². The lowest BCUT2D eigenvalue weighted by molar-refractivity contribution is 0.269. The highest BCUT2D eigenvalue weighted by Gasteiger charge is 2.40. The predicted octanol–water partition coefficient (Wildman–Crippen LogP) is 8.60. The van der Waals surface area contributed by atoms with Gasteiger partial charge in [-0.25, -0.2) is 52.7 Å². The Kier molecular flexibility index (Phi) is 7.82. The van der Waals surface area contributed by atoms with Crippen molar-refractivity contribution in [3.63, 3.8) is 0 Å². The van der Waals surface area contributed by atoms with Crippen LogP contribution in [0.2, 0.25) is 0 Å². The van der Waals surface area contributed by atoms with Crippen molar-refractivity contribution in [1.29, 1.82) is 0 Å². The van der Waals surface area contributed by atoms with E-state index in [0.717, 1.165) is 0 Å². The fourth-order valence-corrected chi connectivity index (χ4v) is 4.05. The maximum absolute atomic E-state index is 15.6. The maximum Gasteiger partial charge on any atom is 0.864 e. The Bertz CT molecular complexity index is 2010. The molecule has 0 fully saturated rings. The lowest BCUT2D eigenvalue weighted by Crippen LogP contribution is -2.38. The Morgan fingerprint density at radius 1 is 0.289 bits per heavy atom. The van der Waals surface area contributed by atoms with Crippen LogP contribution in [0.5, 0.6) is 17.2 Å². The van der Waals surface area contributed by atoms with Crippen LogP contribution in [-0.2, 0) is 0 Å². The molecule has 0 unspecified atom stereocenters. The quantitative estimate of drug-likeness (QED) is 0.0601. The molecule has 0 aliphatic carbocycles. The summed E-state index contributed by atoms with van der Waals surface area (Å²) in [5, 5.41) is -8.61.